The van der Waals surface area contributed by atoms with Crippen LogP contribution in [0.15, 0.2) is 80.3 Å². The third kappa shape index (κ3) is 4.03. The van der Waals surface area contributed by atoms with Gasteiger partial charge in [0.2, 0.25) is 0 Å². The third-order valence-corrected chi connectivity index (χ3v) is 6.14. The Labute approximate surface area is 168 Å². The largest absolute Gasteiger partial charge is 0.422 e. The zero-order chi connectivity index (χ0) is 20.4. The van der Waals surface area contributed by atoms with Gasteiger partial charge in [0.15, 0.2) is 5.13 Å². The first-order chi connectivity index (χ1) is 13.9. The molecule has 0 fully saturated rings. The highest BCUT2D eigenvalue weighted by Crippen LogP contribution is 2.20. The molecule has 146 valence electrons. The molecular weight excluding hydrogens is 414 g/mol. The van der Waals surface area contributed by atoms with Gasteiger partial charge in [0, 0.05) is 22.7 Å². The summed E-state index contributed by atoms with van der Waals surface area (Å²) < 4.78 is 32.2. The number of hydrogen-bond donors (Lipinski definition) is 2. The van der Waals surface area contributed by atoms with Crippen LogP contribution in [0.4, 0.5) is 10.8 Å². The van der Waals surface area contributed by atoms with Gasteiger partial charge in [-0.15, -0.1) is 11.3 Å². The van der Waals surface area contributed by atoms with Gasteiger partial charge in [0.1, 0.15) is 11.1 Å². The molecule has 10 heteroatoms. The van der Waals surface area contributed by atoms with Crippen molar-refractivity contribution in [3.05, 3.63) is 82.2 Å². The molecule has 2 aromatic heterocycles. The third-order valence-electron chi connectivity index (χ3n) is 3.96. The number of benzene rings is 2. The molecular formula is C19H13N3O5S2. The topological polar surface area (TPSA) is 118 Å². The number of nitrogens with one attached hydrogen (secondary N) is 2. The standard InChI is InChI=1S/C19H13N3O5S2/c23-17(15-11-12-3-1-2-4-16(12)27-18(15)24)21-13-5-7-14(8-6-13)29(25,26)22-19-20-9-10-28-19/h1-11H,(H,20,22)(H,21,23). The van der Waals surface area contributed by atoms with E-state index in [1.807, 2.05) is 0 Å². The molecule has 1 amide bonds. The average Bonchev–Trinajstić information content (AvgIpc) is 3.20. The molecule has 0 unspecified atom stereocenters. The van der Waals surface area contributed by atoms with Gasteiger partial charge >= 0.3 is 5.63 Å². The quantitative estimate of drug-likeness (QED) is 0.472. The summed E-state index contributed by atoms with van der Waals surface area (Å²) in [7, 11) is -3.79. The van der Waals surface area contributed by atoms with Crippen molar-refractivity contribution in [2.75, 3.05) is 10.0 Å². The molecule has 0 aliphatic rings. The van der Waals surface area contributed by atoms with E-state index in [9.17, 15) is 18.0 Å². The lowest BCUT2D eigenvalue weighted by Gasteiger charge is -2.08. The van der Waals surface area contributed by atoms with Gasteiger partial charge in [-0.3, -0.25) is 9.52 Å². The second kappa shape index (κ2) is 7.49. The van der Waals surface area contributed by atoms with Gasteiger partial charge in [-0.05, 0) is 36.4 Å². The summed E-state index contributed by atoms with van der Waals surface area (Å²) >= 11 is 1.16. The molecule has 8 nitrogen and oxygen atoms in total. The number of para-hydroxylation sites is 1. The van der Waals surface area contributed by atoms with Crippen LogP contribution < -0.4 is 15.7 Å². The Morgan fingerprint density at radius 1 is 1.07 bits per heavy atom. The Morgan fingerprint density at radius 3 is 2.55 bits per heavy atom. The zero-order valence-electron chi connectivity index (χ0n) is 14.7. The second-order valence-electron chi connectivity index (χ2n) is 5.91. The van der Waals surface area contributed by atoms with Gasteiger partial charge in [-0.2, -0.15) is 0 Å². The molecule has 2 N–H and O–H groups in total. The van der Waals surface area contributed by atoms with Crippen molar-refractivity contribution in [3.63, 3.8) is 0 Å². The summed E-state index contributed by atoms with van der Waals surface area (Å²) in [6.45, 7) is 0. The first kappa shape index (κ1) is 18.8. The summed E-state index contributed by atoms with van der Waals surface area (Å²) in [4.78, 5) is 28.4. The number of carbonyl (C=O) groups is 1. The van der Waals surface area contributed by atoms with Gasteiger partial charge in [-0.1, -0.05) is 18.2 Å². The average molecular weight is 427 g/mol. The minimum absolute atomic E-state index is 0.0101. The summed E-state index contributed by atoms with van der Waals surface area (Å²) in [5, 5.41) is 5.09. The number of amides is 1. The molecule has 0 saturated carbocycles. The van der Waals surface area contributed by atoms with Crippen LogP contribution in [0.5, 0.6) is 0 Å². The number of thiazole rings is 1. The lowest BCUT2D eigenvalue weighted by atomic mass is 10.1. The highest BCUT2D eigenvalue weighted by Gasteiger charge is 2.17. The van der Waals surface area contributed by atoms with E-state index in [4.69, 9.17) is 4.42 Å². The van der Waals surface area contributed by atoms with Gasteiger partial charge in [-0.25, -0.2) is 18.2 Å². The van der Waals surface area contributed by atoms with Crippen LogP contribution in [0.2, 0.25) is 0 Å². The maximum Gasteiger partial charge on any atom is 0.349 e. The number of rotatable bonds is 5. The predicted octanol–water partition coefficient (Wildman–Crippen LogP) is 3.30. The molecule has 0 radical (unpaired) electrons. The molecule has 4 aromatic rings. The predicted molar refractivity (Wildman–Crippen MR) is 110 cm³/mol. The van der Waals surface area contributed by atoms with E-state index in [1.165, 1.54) is 36.5 Å². The number of carbonyl (C=O) groups excluding carboxylic acids is 1. The highest BCUT2D eigenvalue weighted by atomic mass is 32.2. The fourth-order valence-corrected chi connectivity index (χ4v) is 4.37. The maximum absolute atomic E-state index is 12.5. The van der Waals surface area contributed by atoms with E-state index in [2.05, 4.69) is 15.0 Å². The summed E-state index contributed by atoms with van der Waals surface area (Å²) in [6, 6.07) is 13.8. The Bertz CT molecular complexity index is 1340. The zero-order valence-corrected chi connectivity index (χ0v) is 16.3. The molecule has 0 atom stereocenters. The molecule has 2 heterocycles. The first-order valence-electron chi connectivity index (χ1n) is 8.29. The number of sulfonamides is 1. The van der Waals surface area contributed by atoms with Gasteiger partial charge < -0.3 is 9.73 Å². The van der Waals surface area contributed by atoms with Gasteiger partial charge in [0.05, 0.1) is 4.90 Å². The molecule has 0 spiro atoms. The first-order valence-corrected chi connectivity index (χ1v) is 10.7. The van der Waals surface area contributed by atoms with E-state index >= 15 is 0 Å². The molecule has 0 bridgehead atoms. The van der Waals surface area contributed by atoms with Crippen molar-refractivity contribution in [3.8, 4) is 0 Å². The van der Waals surface area contributed by atoms with Crippen molar-refractivity contribution < 1.29 is 17.6 Å². The van der Waals surface area contributed by atoms with Crippen molar-refractivity contribution in [2.45, 2.75) is 4.90 Å². The number of fused-ring (bicyclic) bond motifs is 1. The summed E-state index contributed by atoms with van der Waals surface area (Å²) in [5.41, 5.74) is -0.189. The normalized spacial score (nSPS) is 11.3. The smallest absolute Gasteiger partial charge is 0.349 e. The Morgan fingerprint density at radius 2 is 1.83 bits per heavy atom. The minimum Gasteiger partial charge on any atom is -0.422 e. The Balaban J connectivity index is 1.54. The highest BCUT2D eigenvalue weighted by molar-refractivity contribution is 7.93. The van der Waals surface area contributed by atoms with E-state index in [0.717, 1.165) is 11.3 Å². The van der Waals surface area contributed by atoms with E-state index < -0.39 is 21.6 Å². The Hall–Kier alpha value is -3.50. The lowest BCUT2D eigenvalue weighted by Crippen LogP contribution is -2.20. The van der Waals surface area contributed by atoms with Crippen molar-refractivity contribution >= 4 is 49.1 Å². The Kier molecular flexibility index (Phi) is 4.87. The fraction of sp³-hybridized carbons (Fsp3) is 0. The van der Waals surface area contributed by atoms with E-state index in [-0.39, 0.29) is 15.6 Å². The summed E-state index contributed by atoms with van der Waals surface area (Å²) in [6.07, 6.45) is 1.49. The van der Waals surface area contributed by atoms with E-state index in [1.54, 1.807) is 29.6 Å². The van der Waals surface area contributed by atoms with Crippen molar-refractivity contribution in [1.29, 1.82) is 0 Å². The fourth-order valence-electron chi connectivity index (χ4n) is 2.58. The molecule has 4 rings (SSSR count). The minimum atomic E-state index is -3.79. The number of nitrogens with zero attached hydrogens (tertiary/aromatic N) is 1. The van der Waals surface area contributed by atoms with Crippen LogP contribution in [0, 0.1) is 0 Å². The van der Waals surface area contributed by atoms with E-state index in [0.29, 0.717) is 16.7 Å². The second-order valence-corrected chi connectivity index (χ2v) is 8.48. The van der Waals surface area contributed by atoms with Crippen LogP contribution in [0.3, 0.4) is 0 Å². The van der Waals surface area contributed by atoms with Crippen LogP contribution >= 0.6 is 11.3 Å². The van der Waals surface area contributed by atoms with Crippen LogP contribution in [-0.2, 0) is 10.0 Å². The number of anilines is 2. The van der Waals surface area contributed by atoms with Gasteiger partial charge in [0.25, 0.3) is 15.9 Å². The number of aromatic nitrogens is 1. The molecule has 0 saturated heterocycles. The molecule has 0 aliphatic heterocycles. The monoisotopic (exact) mass is 427 g/mol. The van der Waals surface area contributed by atoms with Crippen molar-refractivity contribution in [2.24, 2.45) is 0 Å². The number of hydrogen-bond acceptors (Lipinski definition) is 7. The summed E-state index contributed by atoms with van der Waals surface area (Å²) in [5.74, 6) is -0.652. The van der Waals surface area contributed by atoms with Crippen LogP contribution in [-0.4, -0.2) is 19.3 Å². The van der Waals surface area contributed by atoms with Crippen molar-refractivity contribution in [1.82, 2.24) is 4.98 Å². The SMILES string of the molecule is O=C(Nc1ccc(S(=O)(=O)Nc2nccs2)cc1)c1cc2ccccc2oc1=O. The lowest BCUT2D eigenvalue weighted by molar-refractivity contribution is 0.102. The molecule has 29 heavy (non-hydrogen) atoms. The van der Waals surface area contributed by atoms with Crippen LogP contribution in [0.25, 0.3) is 11.0 Å². The van der Waals surface area contributed by atoms with Crippen LogP contribution in [0.1, 0.15) is 10.4 Å². The maximum atomic E-state index is 12.5. The molecule has 2 aromatic carbocycles. The molecule has 0 aliphatic carbocycles.